The van der Waals surface area contributed by atoms with Crippen LogP contribution in [0.2, 0.25) is 0 Å². The van der Waals surface area contributed by atoms with Crippen LogP contribution in [0.3, 0.4) is 0 Å². The lowest BCUT2D eigenvalue weighted by molar-refractivity contribution is 0.0976. The van der Waals surface area contributed by atoms with Crippen molar-refractivity contribution >= 4 is 0 Å². The van der Waals surface area contributed by atoms with Gasteiger partial charge >= 0.3 is 0 Å². The van der Waals surface area contributed by atoms with Crippen LogP contribution in [-0.2, 0) is 0 Å². The van der Waals surface area contributed by atoms with E-state index in [1.54, 1.807) is 12.1 Å². The number of hydrogen-bond acceptors (Lipinski definition) is 2. The summed E-state index contributed by atoms with van der Waals surface area (Å²) < 4.78 is 13.1. The molecule has 2 nitrogen and oxygen atoms in total. The summed E-state index contributed by atoms with van der Waals surface area (Å²) in [7, 11) is 0. The van der Waals surface area contributed by atoms with Crippen molar-refractivity contribution in [3.05, 3.63) is 35.6 Å². The fourth-order valence-corrected chi connectivity index (χ4v) is 2.57. The van der Waals surface area contributed by atoms with Gasteiger partial charge in [0.15, 0.2) is 0 Å². The first kappa shape index (κ1) is 12.5. The number of aliphatic hydroxyl groups is 1. The van der Waals surface area contributed by atoms with Gasteiger partial charge in [-0.3, -0.25) is 0 Å². The molecule has 0 aliphatic carbocycles. The van der Waals surface area contributed by atoms with E-state index in [1.165, 1.54) is 18.6 Å². The third-order valence-corrected chi connectivity index (χ3v) is 3.70. The van der Waals surface area contributed by atoms with Gasteiger partial charge in [-0.1, -0.05) is 25.5 Å². The molecule has 0 spiro atoms. The van der Waals surface area contributed by atoms with Gasteiger partial charge in [-0.15, -0.1) is 0 Å². The van der Waals surface area contributed by atoms with Gasteiger partial charge < -0.3 is 10.4 Å². The molecule has 0 aromatic heterocycles. The fraction of sp³-hybridized carbons (Fsp3) is 0.571. The lowest BCUT2D eigenvalue weighted by Crippen LogP contribution is -2.42. The lowest BCUT2D eigenvalue weighted by atomic mass is 9.86. The highest BCUT2D eigenvalue weighted by atomic mass is 19.1. The molecule has 0 amide bonds. The van der Waals surface area contributed by atoms with Crippen molar-refractivity contribution in [2.75, 3.05) is 6.54 Å². The number of aliphatic hydroxyl groups excluding tert-OH is 1. The van der Waals surface area contributed by atoms with Crippen molar-refractivity contribution in [1.82, 2.24) is 5.32 Å². The van der Waals surface area contributed by atoms with Gasteiger partial charge in [-0.2, -0.15) is 0 Å². The van der Waals surface area contributed by atoms with Gasteiger partial charge in [-0.05, 0) is 43.0 Å². The molecule has 0 saturated carbocycles. The lowest BCUT2D eigenvalue weighted by Gasteiger charge is -2.33. The molecular formula is C14H20FNO. The van der Waals surface area contributed by atoms with Gasteiger partial charge in [0.2, 0.25) is 0 Å². The predicted octanol–water partition coefficient (Wildman–Crippen LogP) is 2.64. The van der Waals surface area contributed by atoms with E-state index >= 15 is 0 Å². The molecular weight excluding hydrogens is 217 g/mol. The summed E-state index contributed by atoms with van der Waals surface area (Å²) in [6.45, 7) is 3.12. The Labute approximate surface area is 102 Å². The number of nitrogens with one attached hydrogen (secondary N) is 1. The van der Waals surface area contributed by atoms with Crippen molar-refractivity contribution in [1.29, 1.82) is 0 Å². The molecule has 1 heterocycles. The van der Waals surface area contributed by atoms with Crippen molar-refractivity contribution in [3.63, 3.8) is 0 Å². The second-order valence-electron chi connectivity index (χ2n) is 4.86. The predicted molar refractivity (Wildman–Crippen MR) is 66.2 cm³/mol. The second kappa shape index (κ2) is 5.61. The average molecular weight is 237 g/mol. The van der Waals surface area contributed by atoms with Gasteiger partial charge in [-0.25, -0.2) is 4.39 Å². The smallest absolute Gasteiger partial charge is 0.123 e. The van der Waals surface area contributed by atoms with Crippen LogP contribution >= 0.6 is 0 Å². The van der Waals surface area contributed by atoms with E-state index < -0.39 is 6.10 Å². The molecule has 2 N–H and O–H groups in total. The third kappa shape index (κ3) is 3.05. The number of hydrogen-bond donors (Lipinski definition) is 2. The maximum Gasteiger partial charge on any atom is 0.123 e. The first-order valence-electron chi connectivity index (χ1n) is 6.37. The average Bonchev–Trinajstić information content (AvgIpc) is 2.38. The van der Waals surface area contributed by atoms with E-state index in [2.05, 4.69) is 12.2 Å². The van der Waals surface area contributed by atoms with Crippen LogP contribution in [0.25, 0.3) is 0 Å². The van der Waals surface area contributed by atoms with Gasteiger partial charge in [0.25, 0.3) is 0 Å². The van der Waals surface area contributed by atoms with Crippen molar-refractivity contribution in [2.45, 2.75) is 38.3 Å². The molecule has 2 rings (SSSR count). The second-order valence-corrected chi connectivity index (χ2v) is 4.86. The highest BCUT2D eigenvalue weighted by Gasteiger charge is 2.27. The molecule has 3 heteroatoms. The van der Waals surface area contributed by atoms with Crippen molar-refractivity contribution < 1.29 is 9.50 Å². The summed E-state index contributed by atoms with van der Waals surface area (Å²) in [5.74, 6) is 0.383. The maximum absolute atomic E-state index is 13.1. The largest absolute Gasteiger partial charge is 0.387 e. The Balaban J connectivity index is 2.06. The molecule has 0 bridgehead atoms. The summed E-state index contributed by atoms with van der Waals surface area (Å²) in [6, 6.07) is 6.30. The first-order chi connectivity index (χ1) is 8.20. The van der Waals surface area contributed by atoms with E-state index in [4.69, 9.17) is 0 Å². The molecule has 1 aliphatic rings. The van der Waals surface area contributed by atoms with Gasteiger partial charge in [0.05, 0.1) is 6.10 Å². The Morgan fingerprint density at radius 2 is 2.35 bits per heavy atom. The van der Waals surface area contributed by atoms with Crippen LogP contribution < -0.4 is 5.32 Å². The van der Waals surface area contributed by atoms with Crippen LogP contribution in [0.4, 0.5) is 4.39 Å². The van der Waals surface area contributed by atoms with Crippen molar-refractivity contribution in [2.24, 2.45) is 5.92 Å². The molecule has 3 unspecified atom stereocenters. The van der Waals surface area contributed by atoms with Crippen LogP contribution in [0.15, 0.2) is 24.3 Å². The van der Waals surface area contributed by atoms with Gasteiger partial charge in [0, 0.05) is 6.04 Å². The summed E-state index contributed by atoms with van der Waals surface area (Å²) >= 11 is 0. The SMILES string of the molecule is CCC1CCNC(C(O)c2cccc(F)c2)C1. The number of benzene rings is 1. The van der Waals surface area contributed by atoms with Crippen LogP contribution in [-0.4, -0.2) is 17.7 Å². The highest BCUT2D eigenvalue weighted by molar-refractivity contribution is 5.20. The summed E-state index contributed by atoms with van der Waals surface area (Å²) in [5, 5.41) is 13.6. The minimum atomic E-state index is -0.611. The summed E-state index contributed by atoms with van der Waals surface area (Å²) in [5.41, 5.74) is 0.666. The molecule has 1 aromatic carbocycles. The van der Waals surface area contributed by atoms with Crippen LogP contribution in [0, 0.1) is 11.7 Å². The standard InChI is InChI=1S/C14H20FNO/c1-2-10-6-7-16-13(8-10)14(17)11-4-3-5-12(15)9-11/h3-5,9-10,13-14,16-17H,2,6-8H2,1H3. The number of rotatable bonds is 3. The van der Waals surface area contributed by atoms with Crippen LogP contribution in [0.5, 0.6) is 0 Å². The quantitative estimate of drug-likeness (QED) is 0.847. The minimum absolute atomic E-state index is 0.0514. The van der Waals surface area contributed by atoms with Crippen LogP contribution in [0.1, 0.15) is 37.9 Å². The highest BCUT2D eigenvalue weighted by Crippen LogP contribution is 2.27. The van der Waals surface area contributed by atoms with Crippen molar-refractivity contribution in [3.8, 4) is 0 Å². The first-order valence-corrected chi connectivity index (χ1v) is 6.37. The topological polar surface area (TPSA) is 32.3 Å². The van der Waals surface area contributed by atoms with E-state index in [0.29, 0.717) is 11.5 Å². The zero-order valence-corrected chi connectivity index (χ0v) is 10.2. The number of halogens is 1. The maximum atomic E-state index is 13.1. The van der Waals surface area contributed by atoms with Gasteiger partial charge in [0.1, 0.15) is 5.82 Å². The Morgan fingerprint density at radius 1 is 1.53 bits per heavy atom. The normalized spacial score (nSPS) is 26.8. The molecule has 1 saturated heterocycles. The van der Waals surface area contributed by atoms with E-state index in [9.17, 15) is 9.50 Å². The zero-order chi connectivity index (χ0) is 12.3. The zero-order valence-electron chi connectivity index (χ0n) is 10.2. The van der Waals surface area contributed by atoms with E-state index in [1.807, 2.05) is 0 Å². The molecule has 1 aromatic rings. The van der Waals surface area contributed by atoms with E-state index in [0.717, 1.165) is 19.4 Å². The monoisotopic (exact) mass is 237 g/mol. The third-order valence-electron chi connectivity index (χ3n) is 3.70. The summed E-state index contributed by atoms with van der Waals surface area (Å²) in [6.07, 6.45) is 2.67. The molecule has 3 atom stereocenters. The molecule has 1 fully saturated rings. The molecule has 94 valence electrons. The molecule has 17 heavy (non-hydrogen) atoms. The summed E-state index contributed by atoms with van der Waals surface area (Å²) in [4.78, 5) is 0. The molecule has 1 aliphatic heterocycles. The Morgan fingerprint density at radius 3 is 3.06 bits per heavy atom. The Bertz CT molecular complexity index is 369. The number of piperidine rings is 1. The van der Waals surface area contributed by atoms with E-state index in [-0.39, 0.29) is 11.9 Å². The fourth-order valence-electron chi connectivity index (χ4n) is 2.57. The Hall–Kier alpha value is -0.930. The minimum Gasteiger partial charge on any atom is -0.387 e. The Kier molecular flexibility index (Phi) is 4.13. The molecule has 0 radical (unpaired) electrons.